The normalized spacial score (nSPS) is 20.4. The largest absolute Gasteiger partial charge is 0.389 e. The Labute approximate surface area is 115 Å². The molecule has 2 rings (SSSR count). The molecule has 0 radical (unpaired) electrons. The van der Waals surface area contributed by atoms with Crippen molar-refractivity contribution in [3.8, 4) is 0 Å². The average molecular weight is 265 g/mol. The van der Waals surface area contributed by atoms with E-state index >= 15 is 0 Å². The summed E-state index contributed by atoms with van der Waals surface area (Å²) in [5.41, 5.74) is 1.71. The molecule has 1 N–H and O–H groups in total. The molecular weight excluding hydrogens is 241 g/mol. The molecule has 19 heavy (non-hydrogen) atoms. The van der Waals surface area contributed by atoms with Crippen LogP contribution in [0.15, 0.2) is 18.2 Å². The van der Waals surface area contributed by atoms with Crippen LogP contribution in [0.2, 0.25) is 0 Å². The molecule has 0 saturated carbocycles. The number of piperidine rings is 1. The van der Waals surface area contributed by atoms with E-state index in [0.29, 0.717) is 16.7 Å². The number of benzene rings is 1. The van der Waals surface area contributed by atoms with Crippen molar-refractivity contribution in [3.63, 3.8) is 0 Å². The zero-order valence-electron chi connectivity index (χ0n) is 12.1. The minimum atomic E-state index is -0.617. The van der Waals surface area contributed by atoms with Crippen LogP contribution in [-0.4, -0.2) is 18.2 Å². The smallest absolute Gasteiger partial charge is 0.146 e. The molecule has 1 atom stereocenters. The van der Waals surface area contributed by atoms with Crippen LogP contribution >= 0.6 is 0 Å². The number of aliphatic hydroxyl groups excluding tert-OH is 1. The monoisotopic (exact) mass is 265 g/mol. The van der Waals surface area contributed by atoms with Crippen LogP contribution in [0.1, 0.15) is 51.7 Å². The second-order valence-electron chi connectivity index (χ2n) is 6.04. The molecule has 0 spiro atoms. The summed E-state index contributed by atoms with van der Waals surface area (Å²) in [7, 11) is 0. The molecule has 1 aliphatic heterocycles. The molecular formula is C16H24FNO. The van der Waals surface area contributed by atoms with Gasteiger partial charge in [-0.25, -0.2) is 4.39 Å². The first kappa shape index (κ1) is 14.3. The van der Waals surface area contributed by atoms with Gasteiger partial charge in [-0.3, -0.25) is 0 Å². The zero-order valence-corrected chi connectivity index (χ0v) is 12.1. The molecule has 1 aliphatic rings. The summed E-state index contributed by atoms with van der Waals surface area (Å²) in [4.78, 5) is 2.12. The van der Waals surface area contributed by atoms with E-state index in [2.05, 4.69) is 18.7 Å². The third-order valence-corrected chi connectivity index (χ3v) is 4.62. The van der Waals surface area contributed by atoms with Gasteiger partial charge in [0, 0.05) is 13.1 Å². The fourth-order valence-corrected chi connectivity index (χ4v) is 2.68. The van der Waals surface area contributed by atoms with Gasteiger partial charge in [0.05, 0.1) is 11.8 Å². The number of rotatable bonds is 3. The molecule has 1 heterocycles. The molecule has 1 saturated heterocycles. The van der Waals surface area contributed by atoms with Gasteiger partial charge in [-0.2, -0.15) is 0 Å². The van der Waals surface area contributed by atoms with Gasteiger partial charge in [-0.1, -0.05) is 26.3 Å². The van der Waals surface area contributed by atoms with Crippen LogP contribution in [0.25, 0.3) is 0 Å². The van der Waals surface area contributed by atoms with E-state index in [1.807, 2.05) is 6.07 Å². The second kappa shape index (κ2) is 5.49. The van der Waals surface area contributed by atoms with Crippen LogP contribution in [0.4, 0.5) is 10.1 Å². The Morgan fingerprint density at radius 1 is 1.37 bits per heavy atom. The molecule has 0 aromatic heterocycles. The van der Waals surface area contributed by atoms with Crippen molar-refractivity contribution in [1.82, 2.24) is 0 Å². The lowest BCUT2D eigenvalue weighted by Crippen LogP contribution is -2.38. The number of halogens is 1. The Balaban J connectivity index is 2.12. The highest BCUT2D eigenvalue weighted by Crippen LogP contribution is 2.36. The van der Waals surface area contributed by atoms with Gasteiger partial charge < -0.3 is 10.0 Å². The van der Waals surface area contributed by atoms with Crippen LogP contribution in [-0.2, 0) is 0 Å². The molecule has 0 amide bonds. The average Bonchev–Trinajstić information content (AvgIpc) is 2.40. The maximum absolute atomic E-state index is 14.1. The fourth-order valence-electron chi connectivity index (χ4n) is 2.68. The van der Waals surface area contributed by atoms with Crippen molar-refractivity contribution in [3.05, 3.63) is 29.6 Å². The van der Waals surface area contributed by atoms with Crippen LogP contribution in [0.5, 0.6) is 0 Å². The highest BCUT2D eigenvalue weighted by atomic mass is 19.1. The van der Waals surface area contributed by atoms with Crippen molar-refractivity contribution >= 4 is 5.69 Å². The lowest BCUT2D eigenvalue weighted by molar-refractivity contribution is 0.199. The number of nitrogens with zero attached hydrogens (tertiary/aromatic N) is 1. The van der Waals surface area contributed by atoms with Gasteiger partial charge in [0.1, 0.15) is 5.82 Å². The van der Waals surface area contributed by atoms with E-state index in [1.165, 1.54) is 12.5 Å². The Morgan fingerprint density at radius 2 is 2.00 bits per heavy atom. The highest BCUT2D eigenvalue weighted by Gasteiger charge is 2.29. The van der Waals surface area contributed by atoms with Gasteiger partial charge in [-0.15, -0.1) is 0 Å². The van der Waals surface area contributed by atoms with Crippen molar-refractivity contribution in [2.45, 2.75) is 46.1 Å². The number of aliphatic hydroxyl groups is 1. The van der Waals surface area contributed by atoms with Gasteiger partial charge in [-0.05, 0) is 42.9 Å². The SMILES string of the molecule is CCC1(C)CCN(c2ccc([C@@H](C)O)cc2F)CC1. The number of anilines is 1. The lowest BCUT2D eigenvalue weighted by atomic mass is 9.78. The van der Waals surface area contributed by atoms with Gasteiger partial charge in [0.15, 0.2) is 0 Å². The van der Waals surface area contributed by atoms with Gasteiger partial charge >= 0.3 is 0 Å². The summed E-state index contributed by atoms with van der Waals surface area (Å²) in [6.07, 6.45) is 2.79. The Bertz CT molecular complexity index is 436. The van der Waals surface area contributed by atoms with Gasteiger partial charge in [0.2, 0.25) is 0 Å². The molecule has 1 aromatic carbocycles. The highest BCUT2D eigenvalue weighted by molar-refractivity contribution is 5.50. The van der Waals surface area contributed by atoms with E-state index in [9.17, 15) is 9.50 Å². The molecule has 0 unspecified atom stereocenters. The molecule has 0 aliphatic carbocycles. The van der Waals surface area contributed by atoms with E-state index in [-0.39, 0.29) is 5.82 Å². The summed E-state index contributed by atoms with van der Waals surface area (Å²) in [5.74, 6) is -0.224. The van der Waals surface area contributed by atoms with Crippen LogP contribution < -0.4 is 4.90 Å². The van der Waals surface area contributed by atoms with Crippen molar-refractivity contribution in [1.29, 1.82) is 0 Å². The maximum Gasteiger partial charge on any atom is 0.146 e. The zero-order chi connectivity index (χ0) is 14.0. The predicted octanol–water partition coefficient (Wildman–Crippen LogP) is 3.90. The van der Waals surface area contributed by atoms with Crippen molar-refractivity contribution < 1.29 is 9.50 Å². The van der Waals surface area contributed by atoms with E-state index in [4.69, 9.17) is 0 Å². The summed E-state index contributed by atoms with van der Waals surface area (Å²) < 4.78 is 14.1. The predicted molar refractivity (Wildman–Crippen MR) is 76.9 cm³/mol. The minimum absolute atomic E-state index is 0.224. The molecule has 1 fully saturated rings. The maximum atomic E-state index is 14.1. The number of hydrogen-bond acceptors (Lipinski definition) is 2. The third kappa shape index (κ3) is 3.08. The number of hydrogen-bond donors (Lipinski definition) is 1. The Kier molecular flexibility index (Phi) is 4.14. The first-order valence-corrected chi connectivity index (χ1v) is 7.18. The topological polar surface area (TPSA) is 23.5 Å². The Morgan fingerprint density at radius 3 is 2.47 bits per heavy atom. The lowest BCUT2D eigenvalue weighted by Gasteiger charge is -2.40. The van der Waals surface area contributed by atoms with Gasteiger partial charge in [0.25, 0.3) is 0 Å². The first-order valence-electron chi connectivity index (χ1n) is 7.18. The second-order valence-corrected chi connectivity index (χ2v) is 6.04. The van der Waals surface area contributed by atoms with Crippen LogP contribution in [0, 0.1) is 11.2 Å². The van der Waals surface area contributed by atoms with E-state index in [0.717, 1.165) is 25.9 Å². The molecule has 1 aromatic rings. The Hall–Kier alpha value is -1.09. The first-order chi connectivity index (χ1) is 8.95. The summed E-state index contributed by atoms with van der Waals surface area (Å²) in [6, 6.07) is 5.07. The molecule has 106 valence electrons. The summed E-state index contributed by atoms with van der Waals surface area (Å²) >= 11 is 0. The quantitative estimate of drug-likeness (QED) is 0.896. The molecule has 2 nitrogen and oxygen atoms in total. The van der Waals surface area contributed by atoms with Crippen LogP contribution in [0.3, 0.4) is 0 Å². The fraction of sp³-hybridized carbons (Fsp3) is 0.625. The van der Waals surface area contributed by atoms with E-state index in [1.54, 1.807) is 13.0 Å². The third-order valence-electron chi connectivity index (χ3n) is 4.62. The molecule has 3 heteroatoms. The summed E-state index contributed by atoms with van der Waals surface area (Å²) in [5, 5.41) is 9.47. The summed E-state index contributed by atoms with van der Waals surface area (Å²) in [6.45, 7) is 8.03. The standard InChI is InChI=1S/C16H24FNO/c1-4-16(3)7-9-18(10-8-16)15-6-5-13(12(2)19)11-14(15)17/h5-6,11-12,19H,4,7-10H2,1-3H3/t12-/m1/s1. The van der Waals surface area contributed by atoms with Crippen molar-refractivity contribution in [2.24, 2.45) is 5.41 Å². The van der Waals surface area contributed by atoms with E-state index < -0.39 is 6.10 Å². The molecule has 0 bridgehead atoms. The minimum Gasteiger partial charge on any atom is -0.389 e. The van der Waals surface area contributed by atoms with Crippen molar-refractivity contribution in [2.75, 3.05) is 18.0 Å².